The number of imide groups is 1. The maximum atomic E-state index is 12.5. The standard InChI is InChI=1S/C24H27N3O4/c1-17-5-4-6-19(15-17)31-14-11-25-24(30)26-12-9-18(10-13-26)16-27-22(28)20-7-2-3-8-21(20)23(27)29/h2-8,15,18H,9-14,16H2,1H3,(H,25,30). The van der Waals surface area contributed by atoms with Crippen molar-refractivity contribution in [3.8, 4) is 5.75 Å². The zero-order chi connectivity index (χ0) is 21.8. The van der Waals surface area contributed by atoms with Gasteiger partial charge in [0.1, 0.15) is 12.4 Å². The number of carbonyl (C=O) groups is 3. The zero-order valence-corrected chi connectivity index (χ0v) is 17.7. The minimum atomic E-state index is -0.214. The molecule has 0 aliphatic carbocycles. The molecule has 0 unspecified atom stereocenters. The number of ether oxygens (including phenoxy) is 1. The first-order chi connectivity index (χ1) is 15.0. The fourth-order valence-corrected chi connectivity index (χ4v) is 4.13. The highest BCUT2D eigenvalue weighted by molar-refractivity contribution is 6.21. The molecule has 2 aromatic carbocycles. The molecule has 2 aliphatic heterocycles. The molecule has 2 aromatic rings. The predicted molar refractivity (Wildman–Crippen MR) is 116 cm³/mol. The number of amides is 4. The number of nitrogens with zero attached hydrogens (tertiary/aromatic N) is 2. The van der Waals surface area contributed by atoms with Gasteiger partial charge in [0.15, 0.2) is 0 Å². The maximum Gasteiger partial charge on any atom is 0.317 e. The number of carbonyl (C=O) groups excluding carboxylic acids is 3. The van der Waals surface area contributed by atoms with Crippen LogP contribution in [0.2, 0.25) is 0 Å². The van der Waals surface area contributed by atoms with E-state index in [1.807, 2.05) is 31.2 Å². The van der Waals surface area contributed by atoms with Gasteiger partial charge in [0.05, 0.1) is 17.7 Å². The highest BCUT2D eigenvalue weighted by atomic mass is 16.5. The molecule has 0 spiro atoms. The summed E-state index contributed by atoms with van der Waals surface area (Å²) in [7, 11) is 0. The van der Waals surface area contributed by atoms with Crippen molar-refractivity contribution in [2.24, 2.45) is 5.92 Å². The fourth-order valence-electron chi connectivity index (χ4n) is 4.13. The summed E-state index contributed by atoms with van der Waals surface area (Å²) in [5.74, 6) is 0.572. The van der Waals surface area contributed by atoms with Gasteiger partial charge in [-0.15, -0.1) is 0 Å². The molecule has 4 amide bonds. The summed E-state index contributed by atoms with van der Waals surface area (Å²) >= 11 is 0. The van der Waals surface area contributed by atoms with E-state index in [0.29, 0.717) is 43.9 Å². The first-order valence-electron chi connectivity index (χ1n) is 10.7. The van der Waals surface area contributed by atoms with Gasteiger partial charge < -0.3 is 15.0 Å². The van der Waals surface area contributed by atoms with Crippen molar-refractivity contribution < 1.29 is 19.1 Å². The topological polar surface area (TPSA) is 79.0 Å². The van der Waals surface area contributed by atoms with Crippen molar-refractivity contribution in [1.82, 2.24) is 15.1 Å². The number of hydrogen-bond donors (Lipinski definition) is 1. The van der Waals surface area contributed by atoms with Crippen LogP contribution < -0.4 is 10.1 Å². The van der Waals surface area contributed by atoms with Crippen LogP contribution >= 0.6 is 0 Å². The molecule has 0 bridgehead atoms. The van der Waals surface area contributed by atoms with Crippen molar-refractivity contribution >= 4 is 17.8 Å². The Bertz CT molecular complexity index is 947. The number of rotatable bonds is 6. The minimum absolute atomic E-state index is 0.105. The molecule has 4 rings (SSSR count). The third kappa shape index (κ3) is 4.71. The van der Waals surface area contributed by atoms with Crippen molar-refractivity contribution in [2.75, 3.05) is 32.8 Å². The molecule has 31 heavy (non-hydrogen) atoms. The van der Waals surface area contributed by atoms with E-state index in [0.717, 1.165) is 24.2 Å². The number of likely N-dealkylation sites (tertiary alicyclic amines) is 1. The second kappa shape index (κ2) is 9.20. The van der Waals surface area contributed by atoms with Crippen LogP contribution in [-0.2, 0) is 0 Å². The van der Waals surface area contributed by atoms with E-state index < -0.39 is 0 Å². The minimum Gasteiger partial charge on any atom is -0.492 e. The monoisotopic (exact) mass is 421 g/mol. The van der Waals surface area contributed by atoms with Crippen LogP contribution in [0.4, 0.5) is 4.79 Å². The molecule has 7 nitrogen and oxygen atoms in total. The van der Waals surface area contributed by atoms with Crippen LogP contribution in [0.15, 0.2) is 48.5 Å². The van der Waals surface area contributed by atoms with Crippen LogP contribution in [0.1, 0.15) is 39.1 Å². The molecule has 0 atom stereocenters. The lowest BCUT2D eigenvalue weighted by molar-refractivity contribution is 0.0604. The first kappa shape index (κ1) is 20.9. The van der Waals surface area contributed by atoms with Gasteiger partial charge in [-0.1, -0.05) is 24.3 Å². The second-order valence-corrected chi connectivity index (χ2v) is 8.09. The SMILES string of the molecule is Cc1cccc(OCCNC(=O)N2CCC(CN3C(=O)c4ccccc4C3=O)CC2)c1. The molecular weight excluding hydrogens is 394 g/mol. The first-order valence-corrected chi connectivity index (χ1v) is 10.7. The van der Waals surface area contributed by atoms with E-state index in [1.54, 1.807) is 29.2 Å². The van der Waals surface area contributed by atoms with E-state index in [1.165, 1.54) is 4.90 Å². The van der Waals surface area contributed by atoms with Crippen LogP contribution in [-0.4, -0.2) is 60.4 Å². The highest BCUT2D eigenvalue weighted by Crippen LogP contribution is 2.26. The molecule has 7 heteroatoms. The molecule has 0 aromatic heterocycles. The van der Waals surface area contributed by atoms with Gasteiger partial charge in [0, 0.05) is 19.6 Å². The van der Waals surface area contributed by atoms with Gasteiger partial charge >= 0.3 is 6.03 Å². The third-order valence-corrected chi connectivity index (χ3v) is 5.86. The zero-order valence-electron chi connectivity index (χ0n) is 17.7. The van der Waals surface area contributed by atoms with Crippen molar-refractivity contribution in [1.29, 1.82) is 0 Å². The third-order valence-electron chi connectivity index (χ3n) is 5.86. The Balaban J connectivity index is 1.19. The van der Waals surface area contributed by atoms with E-state index >= 15 is 0 Å². The Morgan fingerprint density at radius 3 is 2.35 bits per heavy atom. The maximum absolute atomic E-state index is 12.5. The van der Waals surface area contributed by atoms with Gasteiger partial charge in [-0.05, 0) is 55.5 Å². The Morgan fingerprint density at radius 2 is 1.71 bits per heavy atom. The average Bonchev–Trinajstić information content (AvgIpc) is 3.02. The molecule has 1 N–H and O–H groups in total. The Kier molecular flexibility index (Phi) is 6.21. The number of benzene rings is 2. The average molecular weight is 421 g/mol. The normalized spacial score (nSPS) is 16.4. The Labute approximate surface area is 182 Å². The van der Waals surface area contributed by atoms with E-state index in [-0.39, 0.29) is 23.8 Å². The van der Waals surface area contributed by atoms with Gasteiger partial charge in [-0.25, -0.2) is 4.79 Å². The summed E-state index contributed by atoms with van der Waals surface area (Å²) in [4.78, 5) is 40.6. The number of hydrogen-bond acceptors (Lipinski definition) is 4. The molecule has 0 saturated carbocycles. The number of aryl methyl sites for hydroxylation is 1. The van der Waals surface area contributed by atoms with Crippen LogP contribution in [0, 0.1) is 12.8 Å². The van der Waals surface area contributed by atoms with Crippen LogP contribution in [0.5, 0.6) is 5.75 Å². The lowest BCUT2D eigenvalue weighted by Gasteiger charge is -2.33. The van der Waals surface area contributed by atoms with Gasteiger partial charge in [-0.3, -0.25) is 14.5 Å². The predicted octanol–water partition coefficient (Wildman–Crippen LogP) is 3.09. The van der Waals surface area contributed by atoms with Crippen molar-refractivity contribution in [3.05, 3.63) is 65.2 Å². The lowest BCUT2D eigenvalue weighted by Crippen LogP contribution is -2.47. The van der Waals surface area contributed by atoms with Crippen molar-refractivity contribution in [3.63, 3.8) is 0 Å². The van der Waals surface area contributed by atoms with Crippen LogP contribution in [0.3, 0.4) is 0 Å². The molecule has 162 valence electrons. The molecule has 2 heterocycles. The van der Waals surface area contributed by atoms with Crippen molar-refractivity contribution in [2.45, 2.75) is 19.8 Å². The molecular formula is C24H27N3O4. The van der Waals surface area contributed by atoms with E-state index in [4.69, 9.17) is 4.74 Å². The number of piperidine rings is 1. The molecule has 1 fully saturated rings. The summed E-state index contributed by atoms with van der Waals surface area (Å²) in [5.41, 5.74) is 2.10. The van der Waals surface area contributed by atoms with Gasteiger partial charge in [-0.2, -0.15) is 0 Å². The second-order valence-electron chi connectivity index (χ2n) is 8.09. The summed E-state index contributed by atoms with van der Waals surface area (Å²) < 4.78 is 5.66. The molecule has 1 saturated heterocycles. The number of nitrogens with one attached hydrogen (secondary N) is 1. The fraction of sp³-hybridized carbons (Fsp3) is 0.375. The van der Waals surface area contributed by atoms with E-state index in [9.17, 15) is 14.4 Å². The summed E-state index contributed by atoms with van der Waals surface area (Å²) in [6.07, 6.45) is 1.53. The Morgan fingerprint density at radius 1 is 1.03 bits per heavy atom. The smallest absolute Gasteiger partial charge is 0.317 e. The van der Waals surface area contributed by atoms with Gasteiger partial charge in [0.25, 0.3) is 11.8 Å². The Hall–Kier alpha value is -3.35. The van der Waals surface area contributed by atoms with E-state index in [2.05, 4.69) is 5.32 Å². The summed E-state index contributed by atoms with van der Waals surface area (Å²) in [5, 5.41) is 2.89. The quantitative estimate of drug-likeness (QED) is 0.574. The summed E-state index contributed by atoms with van der Waals surface area (Å²) in [6.45, 7) is 4.47. The number of fused-ring (bicyclic) bond motifs is 1. The number of urea groups is 1. The summed E-state index contributed by atoms with van der Waals surface area (Å²) in [6, 6.07) is 14.6. The largest absolute Gasteiger partial charge is 0.492 e. The molecule has 2 aliphatic rings. The lowest BCUT2D eigenvalue weighted by atomic mass is 9.96. The molecule has 0 radical (unpaired) electrons. The van der Waals surface area contributed by atoms with Crippen LogP contribution in [0.25, 0.3) is 0 Å². The highest BCUT2D eigenvalue weighted by Gasteiger charge is 2.37. The van der Waals surface area contributed by atoms with Gasteiger partial charge in [0.2, 0.25) is 0 Å².